The van der Waals surface area contributed by atoms with Crippen molar-refractivity contribution < 1.29 is 12.8 Å². The molecule has 2 saturated carbocycles. The molecule has 4 aromatic heterocycles. The Balaban J connectivity index is 1.19. The quantitative estimate of drug-likeness (QED) is 0.202. The maximum Gasteiger partial charge on any atom is 0.181 e. The third-order valence-corrected chi connectivity index (χ3v) is 9.95. The van der Waals surface area contributed by atoms with E-state index in [0.717, 1.165) is 82.2 Å². The largest absolute Gasteiger partial charge is 0.330 e. The number of sulfone groups is 1. The molecule has 0 N–H and O–H groups in total. The Morgan fingerprint density at radius 3 is 2.39 bits per heavy atom. The summed E-state index contributed by atoms with van der Waals surface area (Å²) in [5.74, 6) is 1.78. The van der Waals surface area contributed by atoms with E-state index >= 15 is 4.39 Å². The maximum atomic E-state index is 15.4. The van der Waals surface area contributed by atoms with Crippen LogP contribution in [-0.2, 0) is 30.5 Å². The van der Waals surface area contributed by atoms with Crippen LogP contribution in [0.5, 0.6) is 0 Å². The average Bonchev–Trinajstić information content (AvgIpc) is 3.91. The van der Waals surface area contributed by atoms with Crippen LogP contribution < -0.4 is 0 Å². The molecule has 8 rings (SSSR count). The first-order valence-corrected chi connectivity index (χ1v) is 16.8. The van der Waals surface area contributed by atoms with Crippen LogP contribution in [0.2, 0.25) is 0 Å². The molecule has 2 fully saturated rings. The van der Waals surface area contributed by atoms with Crippen LogP contribution in [0, 0.1) is 0 Å². The number of hydrogen-bond donors (Lipinski definition) is 0. The van der Waals surface area contributed by atoms with E-state index in [1.165, 1.54) is 30.0 Å². The van der Waals surface area contributed by atoms with Crippen molar-refractivity contribution in [2.75, 3.05) is 6.26 Å². The lowest BCUT2D eigenvalue weighted by atomic mass is 10.0. The van der Waals surface area contributed by atoms with E-state index in [1.807, 2.05) is 36.3 Å². The Morgan fingerprint density at radius 2 is 1.68 bits per heavy atom. The monoisotopic (exact) mass is 609 g/mol. The summed E-state index contributed by atoms with van der Waals surface area (Å²) >= 11 is 0. The first kappa shape index (κ1) is 27.2. The molecule has 1 unspecified atom stereocenters. The number of fused-ring (bicyclic) bond motifs is 2. The van der Waals surface area contributed by atoms with E-state index in [1.54, 1.807) is 4.68 Å². The minimum Gasteiger partial charge on any atom is -0.330 e. The Kier molecular flexibility index (Phi) is 6.07. The number of aromatic nitrogens is 7. The number of aryl methyl sites for hydroxylation is 1. The van der Waals surface area contributed by atoms with E-state index in [9.17, 15) is 8.42 Å². The summed E-state index contributed by atoms with van der Waals surface area (Å²) < 4.78 is 44.7. The lowest BCUT2D eigenvalue weighted by molar-refractivity contribution is 0.293. The molecular weight excluding hydrogens is 577 g/mol. The van der Waals surface area contributed by atoms with Gasteiger partial charge in [-0.3, -0.25) is 9.36 Å². The van der Waals surface area contributed by atoms with Crippen molar-refractivity contribution in [2.24, 2.45) is 14.1 Å². The molecule has 1 atom stereocenters. The highest BCUT2D eigenvalue weighted by Gasteiger charge is 2.35. The van der Waals surface area contributed by atoms with Gasteiger partial charge in [0, 0.05) is 72.2 Å². The zero-order chi connectivity index (χ0) is 30.3. The second kappa shape index (κ2) is 9.82. The minimum absolute atomic E-state index is 0.0107. The molecule has 9 nitrogen and oxygen atoms in total. The van der Waals surface area contributed by atoms with Crippen molar-refractivity contribution >= 4 is 31.8 Å². The van der Waals surface area contributed by atoms with Gasteiger partial charge in [-0.25, -0.2) is 22.8 Å². The average molecular weight is 610 g/mol. The number of pyridine rings is 1. The summed E-state index contributed by atoms with van der Waals surface area (Å²) in [7, 11) is 0.682. The summed E-state index contributed by atoms with van der Waals surface area (Å²) in [5.41, 5.74) is 7.22. The summed E-state index contributed by atoms with van der Waals surface area (Å²) in [5, 5.41) is 11.2. The molecule has 0 amide bonds. The summed E-state index contributed by atoms with van der Waals surface area (Å²) in [4.78, 5) is 10.5. The van der Waals surface area contributed by atoms with Crippen molar-refractivity contribution in [3.63, 3.8) is 0 Å². The van der Waals surface area contributed by atoms with Gasteiger partial charge in [-0.1, -0.05) is 24.3 Å². The van der Waals surface area contributed by atoms with Gasteiger partial charge < -0.3 is 4.57 Å². The zero-order valence-electron chi connectivity index (χ0n) is 24.8. The van der Waals surface area contributed by atoms with Crippen molar-refractivity contribution in [3.05, 3.63) is 77.9 Å². The SMILES string of the molecule is Cn1cc2cc(-c3nc(-c4cccc5nn(CC(F)c6ccc(S(C)(=O)=O)cc6)cc45)c(C4CC4)n3C)c(C3CC3)nc2n1. The minimum atomic E-state index is -3.34. The summed E-state index contributed by atoms with van der Waals surface area (Å²) in [6.45, 7) is 0.0107. The second-order valence-electron chi connectivity index (χ2n) is 12.3. The predicted octanol–water partition coefficient (Wildman–Crippen LogP) is 6.25. The fourth-order valence-electron chi connectivity index (χ4n) is 6.29. The summed E-state index contributed by atoms with van der Waals surface area (Å²) in [6, 6.07) is 14.1. The van der Waals surface area contributed by atoms with Gasteiger partial charge in [0.2, 0.25) is 0 Å². The second-order valence-corrected chi connectivity index (χ2v) is 14.3. The molecule has 0 radical (unpaired) electrons. The predicted molar refractivity (Wildman–Crippen MR) is 167 cm³/mol. The standard InChI is InChI=1S/C33H32FN7O2S/c1-39-16-22-15-25(29(20-7-8-20)35-32(22)38-39)33-36-30(31(40(33)2)21-9-10-21)24-5-4-6-28-26(24)17-41(37-28)18-27(34)19-11-13-23(14-12-19)44(3,42)43/h4-6,11-17,20-21,27H,7-10,18H2,1-3H3. The van der Waals surface area contributed by atoms with Crippen LogP contribution >= 0.6 is 0 Å². The number of alkyl halides is 1. The van der Waals surface area contributed by atoms with Crippen LogP contribution in [0.3, 0.4) is 0 Å². The van der Waals surface area contributed by atoms with E-state index in [0.29, 0.717) is 17.4 Å². The van der Waals surface area contributed by atoms with Gasteiger partial charge in [-0.15, -0.1) is 0 Å². The van der Waals surface area contributed by atoms with Crippen molar-refractivity contribution in [1.82, 2.24) is 34.1 Å². The lowest BCUT2D eigenvalue weighted by Gasteiger charge is -2.10. The number of hydrogen-bond acceptors (Lipinski definition) is 6. The van der Waals surface area contributed by atoms with Crippen LogP contribution in [0.25, 0.3) is 44.6 Å². The van der Waals surface area contributed by atoms with Crippen LogP contribution in [0.4, 0.5) is 4.39 Å². The number of rotatable bonds is 8. The lowest BCUT2D eigenvalue weighted by Crippen LogP contribution is -2.06. The first-order valence-electron chi connectivity index (χ1n) is 15.0. The van der Waals surface area contributed by atoms with E-state index in [2.05, 4.69) is 28.8 Å². The number of nitrogens with zero attached hydrogens (tertiary/aromatic N) is 7. The molecule has 6 aromatic rings. The van der Waals surface area contributed by atoms with Crippen LogP contribution in [0.15, 0.2) is 65.8 Å². The third kappa shape index (κ3) is 4.70. The Labute approximate surface area is 254 Å². The molecule has 4 heterocycles. The highest BCUT2D eigenvalue weighted by molar-refractivity contribution is 7.90. The van der Waals surface area contributed by atoms with Crippen molar-refractivity contribution in [1.29, 1.82) is 0 Å². The van der Waals surface area contributed by atoms with Gasteiger partial charge in [0.1, 0.15) is 12.0 Å². The highest BCUT2D eigenvalue weighted by atomic mass is 32.2. The molecule has 0 saturated heterocycles. The molecule has 2 aromatic carbocycles. The van der Waals surface area contributed by atoms with Gasteiger partial charge in [0.05, 0.1) is 28.3 Å². The molecule has 2 aliphatic carbocycles. The van der Waals surface area contributed by atoms with Gasteiger partial charge in [0.25, 0.3) is 0 Å². The van der Waals surface area contributed by atoms with Gasteiger partial charge in [-0.05, 0) is 55.5 Å². The zero-order valence-corrected chi connectivity index (χ0v) is 25.6. The molecule has 0 spiro atoms. The van der Waals surface area contributed by atoms with Crippen LogP contribution in [0.1, 0.15) is 60.6 Å². The van der Waals surface area contributed by atoms with Crippen LogP contribution in [-0.4, -0.2) is 48.8 Å². The smallest absolute Gasteiger partial charge is 0.181 e. The van der Waals surface area contributed by atoms with E-state index < -0.39 is 16.0 Å². The number of benzene rings is 2. The third-order valence-electron chi connectivity index (χ3n) is 8.82. The van der Waals surface area contributed by atoms with Gasteiger partial charge in [0.15, 0.2) is 15.5 Å². The van der Waals surface area contributed by atoms with E-state index in [4.69, 9.17) is 15.1 Å². The Hall–Kier alpha value is -4.38. The number of imidazole rings is 1. The van der Waals surface area contributed by atoms with Crippen molar-refractivity contribution in [2.45, 2.75) is 55.1 Å². The van der Waals surface area contributed by atoms with Gasteiger partial charge >= 0.3 is 0 Å². The molecule has 0 bridgehead atoms. The fraction of sp³-hybridized carbons (Fsp3) is 0.333. The van der Waals surface area contributed by atoms with Crippen molar-refractivity contribution in [3.8, 4) is 22.6 Å². The Bertz CT molecular complexity index is 2190. The maximum absolute atomic E-state index is 15.4. The molecular formula is C33H32FN7O2S. The molecule has 11 heteroatoms. The molecule has 224 valence electrons. The topological polar surface area (TPSA) is 100 Å². The summed E-state index contributed by atoms with van der Waals surface area (Å²) in [6.07, 6.45) is 8.19. The first-order chi connectivity index (χ1) is 21.1. The molecule has 44 heavy (non-hydrogen) atoms. The molecule has 2 aliphatic rings. The number of halogens is 1. The van der Waals surface area contributed by atoms with E-state index in [-0.39, 0.29) is 11.4 Å². The Morgan fingerprint density at radius 1 is 0.932 bits per heavy atom. The fourth-order valence-corrected chi connectivity index (χ4v) is 6.92. The van der Waals surface area contributed by atoms with Gasteiger partial charge in [-0.2, -0.15) is 10.2 Å². The highest BCUT2D eigenvalue weighted by Crippen LogP contribution is 2.49. The normalized spacial score (nSPS) is 16.3. The molecule has 0 aliphatic heterocycles.